The van der Waals surface area contributed by atoms with Crippen LogP contribution in [0.3, 0.4) is 0 Å². The summed E-state index contributed by atoms with van der Waals surface area (Å²) < 4.78 is 0. The van der Waals surface area contributed by atoms with Gasteiger partial charge in [0.15, 0.2) is 0 Å². The summed E-state index contributed by atoms with van der Waals surface area (Å²) in [6.45, 7) is 0. The second-order valence-corrected chi connectivity index (χ2v) is 3.10. The molecule has 0 unspecified atom stereocenters. The molecular weight excluding hydrogens is 184 g/mol. The molecule has 1 heterocycles. The summed E-state index contributed by atoms with van der Waals surface area (Å²) in [4.78, 5) is 4.15. The van der Waals surface area contributed by atoms with E-state index in [4.69, 9.17) is 0 Å². The molecule has 0 aliphatic rings. The summed E-state index contributed by atoms with van der Waals surface area (Å²) in [5, 5.41) is 3.10. The number of anilines is 1. The Morgan fingerprint density at radius 3 is 2.47 bits per heavy atom. The molecule has 2 nitrogen and oxygen atoms in total. The molecule has 15 heavy (non-hydrogen) atoms. The fourth-order valence-electron chi connectivity index (χ4n) is 1.24. The van der Waals surface area contributed by atoms with Crippen molar-refractivity contribution >= 4 is 11.9 Å². The van der Waals surface area contributed by atoms with Crippen LogP contribution < -0.4 is 5.32 Å². The maximum Gasteiger partial charge on any atom is 0.129 e. The maximum absolute atomic E-state index is 4.15. The van der Waals surface area contributed by atoms with E-state index in [-0.39, 0.29) is 0 Å². The van der Waals surface area contributed by atoms with Gasteiger partial charge in [0.2, 0.25) is 0 Å². The first-order chi connectivity index (χ1) is 7.45. The maximum atomic E-state index is 4.15. The fourth-order valence-corrected chi connectivity index (χ4v) is 1.24. The van der Waals surface area contributed by atoms with Crippen LogP contribution in [0.2, 0.25) is 0 Å². The molecule has 0 spiro atoms. The van der Waals surface area contributed by atoms with Gasteiger partial charge in [0, 0.05) is 12.4 Å². The molecule has 1 aromatic heterocycles. The summed E-state index contributed by atoms with van der Waals surface area (Å²) in [7, 11) is 0. The molecule has 0 aliphatic carbocycles. The minimum atomic E-state index is 0.852. The topological polar surface area (TPSA) is 24.9 Å². The minimum Gasteiger partial charge on any atom is -0.347 e. The number of hydrogen-bond donors (Lipinski definition) is 1. The van der Waals surface area contributed by atoms with Crippen LogP contribution in [0.1, 0.15) is 5.56 Å². The van der Waals surface area contributed by atoms with Crippen molar-refractivity contribution in [3.8, 4) is 0 Å². The van der Waals surface area contributed by atoms with Crippen LogP contribution in [0.15, 0.2) is 60.9 Å². The first-order valence-corrected chi connectivity index (χ1v) is 4.84. The SMILES string of the molecule is C(=C\c1ccccc1)/Nc1ccccn1. The van der Waals surface area contributed by atoms with Gasteiger partial charge < -0.3 is 5.32 Å². The summed E-state index contributed by atoms with van der Waals surface area (Å²) in [5.74, 6) is 0.852. The highest BCUT2D eigenvalue weighted by Crippen LogP contribution is 2.03. The third kappa shape index (κ3) is 2.95. The molecule has 1 N–H and O–H groups in total. The molecule has 0 fully saturated rings. The number of nitrogens with one attached hydrogen (secondary N) is 1. The average Bonchev–Trinajstić information content (AvgIpc) is 2.32. The van der Waals surface area contributed by atoms with Crippen LogP contribution >= 0.6 is 0 Å². The van der Waals surface area contributed by atoms with Crippen LogP contribution in [-0.4, -0.2) is 4.98 Å². The van der Waals surface area contributed by atoms with Crippen molar-refractivity contribution in [1.82, 2.24) is 4.98 Å². The van der Waals surface area contributed by atoms with E-state index in [0.29, 0.717) is 0 Å². The Balaban J connectivity index is 1.97. The number of hydrogen-bond acceptors (Lipinski definition) is 2. The quantitative estimate of drug-likeness (QED) is 0.815. The van der Waals surface area contributed by atoms with Crippen molar-refractivity contribution in [2.75, 3.05) is 5.32 Å². The van der Waals surface area contributed by atoms with Gasteiger partial charge in [-0.1, -0.05) is 36.4 Å². The molecule has 1 aromatic carbocycles. The lowest BCUT2D eigenvalue weighted by molar-refractivity contribution is 1.31. The minimum absolute atomic E-state index is 0.852. The zero-order valence-corrected chi connectivity index (χ0v) is 8.30. The largest absolute Gasteiger partial charge is 0.347 e. The van der Waals surface area contributed by atoms with E-state index < -0.39 is 0 Å². The Bertz CT molecular complexity index is 421. The van der Waals surface area contributed by atoms with Crippen molar-refractivity contribution in [2.45, 2.75) is 0 Å². The van der Waals surface area contributed by atoms with Gasteiger partial charge in [-0.25, -0.2) is 4.98 Å². The van der Waals surface area contributed by atoms with Crippen molar-refractivity contribution in [1.29, 1.82) is 0 Å². The molecule has 0 bridgehead atoms. The lowest BCUT2D eigenvalue weighted by atomic mass is 10.2. The zero-order valence-electron chi connectivity index (χ0n) is 8.30. The summed E-state index contributed by atoms with van der Waals surface area (Å²) in [6, 6.07) is 15.9. The Kier molecular flexibility index (Phi) is 3.13. The van der Waals surface area contributed by atoms with Gasteiger partial charge in [-0.15, -0.1) is 0 Å². The number of aromatic nitrogens is 1. The van der Waals surface area contributed by atoms with E-state index in [1.54, 1.807) is 6.20 Å². The normalized spacial score (nSPS) is 10.4. The molecule has 0 aliphatic heterocycles. The third-order valence-corrected chi connectivity index (χ3v) is 1.97. The molecule has 0 atom stereocenters. The van der Waals surface area contributed by atoms with Crippen molar-refractivity contribution in [3.63, 3.8) is 0 Å². The molecule has 0 saturated heterocycles. The molecule has 0 saturated carbocycles. The van der Waals surface area contributed by atoms with Crippen molar-refractivity contribution < 1.29 is 0 Å². The van der Waals surface area contributed by atoms with E-state index in [9.17, 15) is 0 Å². The van der Waals surface area contributed by atoms with Gasteiger partial charge >= 0.3 is 0 Å². The first-order valence-electron chi connectivity index (χ1n) is 4.84. The van der Waals surface area contributed by atoms with Gasteiger partial charge in [-0.2, -0.15) is 0 Å². The Morgan fingerprint density at radius 1 is 0.933 bits per heavy atom. The van der Waals surface area contributed by atoms with Gasteiger partial charge in [0.1, 0.15) is 5.82 Å². The van der Waals surface area contributed by atoms with Gasteiger partial charge in [0.05, 0.1) is 0 Å². The number of benzene rings is 1. The number of pyridine rings is 1. The first kappa shape index (κ1) is 9.46. The Morgan fingerprint density at radius 2 is 1.73 bits per heavy atom. The van der Waals surface area contributed by atoms with Gasteiger partial charge in [-0.3, -0.25) is 0 Å². The number of nitrogens with zero attached hydrogens (tertiary/aromatic N) is 1. The second-order valence-electron chi connectivity index (χ2n) is 3.10. The van der Waals surface area contributed by atoms with Crippen molar-refractivity contribution in [2.24, 2.45) is 0 Å². The second kappa shape index (κ2) is 4.96. The average molecular weight is 196 g/mol. The number of rotatable bonds is 3. The Labute approximate surface area is 89.3 Å². The highest BCUT2D eigenvalue weighted by atomic mass is 15.0. The predicted molar refractivity (Wildman–Crippen MR) is 63.3 cm³/mol. The molecular formula is C13H12N2. The van der Waals surface area contributed by atoms with E-state index in [2.05, 4.69) is 22.4 Å². The van der Waals surface area contributed by atoms with E-state index in [0.717, 1.165) is 5.82 Å². The molecule has 2 heteroatoms. The molecule has 2 aromatic rings. The highest BCUT2D eigenvalue weighted by Gasteiger charge is 1.85. The molecule has 74 valence electrons. The third-order valence-electron chi connectivity index (χ3n) is 1.97. The van der Waals surface area contributed by atoms with Gasteiger partial charge in [0.25, 0.3) is 0 Å². The van der Waals surface area contributed by atoms with E-state index in [1.165, 1.54) is 5.56 Å². The lowest BCUT2D eigenvalue weighted by Gasteiger charge is -1.97. The zero-order chi connectivity index (χ0) is 10.3. The summed E-state index contributed by atoms with van der Waals surface area (Å²) in [6.07, 6.45) is 5.66. The van der Waals surface area contributed by atoms with Crippen LogP contribution in [0.5, 0.6) is 0 Å². The predicted octanol–water partition coefficient (Wildman–Crippen LogP) is 3.16. The van der Waals surface area contributed by atoms with Crippen LogP contribution in [-0.2, 0) is 0 Å². The van der Waals surface area contributed by atoms with E-state index in [1.807, 2.05) is 48.7 Å². The highest BCUT2D eigenvalue weighted by molar-refractivity contribution is 5.52. The van der Waals surface area contributed by atoms with Crippen LogP contribution in [0, 0.1) is 0 Å². The Hall–Kier alpha value is -2.09. The molecule has 0 radical (unpaired) electrons. The fraction of sp³-hybridized carbons (Fsp3) is 0. The molecule has 2 rings (SSSR count). The monoisotopic (exact) mass is 196 g/mol. The lowest BCUT2D eigenvalue weighted by Crippen LogP contribution is -1.88. The van der Waals surface area contributed by atoms with Crippen molar-refractivity contribution in [3.05, 3.63) is 66.5 Å². The standard InChI is InChI=1S/C13H12N2/c1-2-6-12(7-3-1)9-11-15-13-8-4-5-10-14-13/h1-11H,(H,14,15)/b11-9+. The smallest absolute Gasteiger partial charge is 0.129 e. The van der Waals surface area contributed by atoms with E-state index >= 15 is 0 Å². The van der Waals surface area contributed by atoms with Gasteiger partial charge in [-0.05, 0) is 23.8 Å². The molecule has 0 amide bonds. The summed E-state index contributed by atoms with van der Waals surface area (Å²) >= 11 is 0. The van der Waals surface area contributed by atoms with Crippen LogP contribution in [0.4, 0.5) is 5.82 Å². The van der Waals surface area contributed by atoms with Crippen LogP contribution in [0.25, 0.3) is 6.08 Å². The summed E-state index contributed by atoms with van der Waals surface area (Å²) in [5.41, 5.74) is 1.17.